The van der Waals surface area contributed by atoms with Gasteiger partial charge in [0.25, 0.3) is 0 Å². The molecule has 1 fully saturated rings. The maximum absolute atomic E-state index is 12.2. The van der Waals surface area contributed by atoms with Gasteiger partial charge in [0.1, 0.15) is 6.04 Å². The molecule has 1 aliphatic rings. The fourth-order valence-corrected chi connectivity index (χ4v) is 3.11. The van der Waals surface area contributed by atoms with Gasteiger partial charge in [0.15, 0.2) is 0 Å². The van der Waals surface area contributed by atoms with Gasteiger partial charge < -0.3 is 16.0 Å². The summed E-state index contributed by atoms with van der Waals surface area (Å²) in [6, 6.07) is 13.3. The molecule has 0 aromatic heterocycles. The minimum atomic E-state index is -0.470. The monoisotopic (exact) mass is 325 g/mol. The van der Waals surface area contributed by atoms with Crippen molar-refractivity contribution in [3.05, 3.63) is 48.0 Å². The summed E-state index contributed by atoms with van der Waals surface area (Å²) in [5.74, 6) is 0.0303. The molecule has 2 aromatic rings. The molecular formula is C19H23N3O2. The highest BCUT2D eigenvalue weighted by Crippen LogP contribution is 2.20. The largest absolute Gasteiger partial charge is 0.354 e. The van der Waals surface area contributed by atoms with E-state index in [1.807, 2.05) is 32.0 Å². The van der Waals surface area contributed by atoms with Crippen LogP contribution >= 0.6 is 0 Å². The van der Waals surface area contributed by atoms with Crippen molar-refractivity contribution in [1.29, 1.82) is 0 Å². The Kier molecular flexibility index (Phi) is 4.69. The Balaban J connectivity index is 1.65. The van der Waals surface area contributed by atoms with E-state index in [0.717, 1.165) is 17.4 Å². The second-order valence-electron chi connectivity index (χ2n) is 6.48. The van der Waals surface area contributed by atoms with E-state index in [9.17, 15) is 9.59 Å². The minimum absolute atomic E-state index is 0.109. The SMILES string of the molecule is C[C@H](NC(=O)N[C@@H]1C(=O)NCC[C@@H]1C)c1ccc2ccccc2c1. The van der Waals surface area contributed by atoms with Gasteiger partial charge in [0.05, 0.1) is 6.04 Å². The molecule has 0 unspecified atom stereocenters. The molecule has 3 rings (SSSR count). The lowest BCUT2D eigenvalue weighted by atomic mass is 9.94. The highest BCUT2D eigenvalue weighted by molar-refractivity contribution is 5.88. The van der Waals surface area contributed by atoms with E-state index < -0.39 is 6.04 Å². The first-order valence-electron chi connectivity index (χ1n) is 8.38. The molecule has 24 heavy (non-hydrogen) atoms. The molecule has 3 atom stereocenters. The lowest BCUT2D eigenvalue weighted by Crippen LogP contribution is -2.56. The second kappa shape index (κ2) is 6.91. The van der Waals surface area contributed by atoms with Gasteiger partial charge in [-0.25, -0.2) is 4.79 Å². The summed E-state index contributed by atoms with van der Waals surface area (Å²) in [5.41, 5.74) is 1.03. The van der Waals surface area contributed by atoms with E-state index in [2.05, 4.69) is 40.2 Å². The zero-order valence-electron chi connectivity index (χ0n) is 14.0. The van der Waals surface area contributed by atoms with Gasteiger partial charge >= 0.3 is 6.03 Å². The van der Waals surface area contributed by atoms with Gasteiger partial charge in [-0.3, -0.25) is 4.79 Å². The lowest BCUT2D eigenvalue weighted by molar-refractivity contribution is -0.125. The van der Waals surface area contributed by atoms with Gasteiger partial charge in [-0.05, 0) is 41.7 Å². The molecule has 3 N–H and O–H groups in total. The van der Waals surface area contributed by atoms with Crippen LogP contribution in [0.2, 0.25) is 0 Å². The molecule has 1 heterocycles. The summed E-state index contributed by atoms with van der Waals surface area (Å²) in [4.78, 5) is 24.1. The predicted molar refractivity (Wildman–Crippen MR) is 94.6 cm³/mol. The molecule has 2 aromatic carbocycles. The standard InChI is InChI=1S/C19H23N3O2/c1-12-9-10-20-18(23)17(12)22-19(24)21-13(2)15-8-7-14-5-3-4-6-16(14)11-15/h3-8,11-13,17H,9-10H2,1-2H3,(H,20,23)(H2,21,22,24)/t12-,13-,17-/m0/s1. The van der Waals surface area contributed by atoms with Gasteiger partial charge in [-0.1, -0.05) is 43.3 Å². The van der Waals surface area contributed by atoms with Gasteiger partial charge in [-0.2, -0.15) is 0 Å². The van der Waals surface area contributed by atoms with Crippen LogP contribution in [0.25, 0.3) is 10.8 Å². The van der Waals surface area contributed by atoms with Gasteiger partial charge in [0, 0.05) is 6.54 Å². The average Bonchev–Trinajstić information content (AvgIpc) is 2.58. The number of carbonyl (C=O) groups excluding carboxylic acids is 2. The maximum Gasteiger partial charge on any atom is 0.315 e. The van der Waals surface area contributed by atoms with Crippen LogP contribution in [-0.4, -0.2) is 24.5 Å². The van der Waals surface area contributed by atoms with E-state index in [1.165, 1.54) is 5.39 Å². The van der Waals surface area contributed by atoms with Gasteiger partial charge in [-0.15, -0.1) is 0 Å². The maximum atomic E-state index is 12.2. The Bertz CT molecular complexity index is 759. The minimum Gasteiger partial charge on any atom is -0.354 e. The molecule has 0 aliphatic carbocycles. The van der Waals surface area contributed by atoms with E-state index in [0.29, 0.717) is 6.54 Å². The first kappa shape index (κ1) is 16.3. The number of urea groups is 1. The third kappa shape index (κ3) is 3.50. The van der Waals surface area contributed by atoms with E-state index in [1.54, 1.807) is 0 Å². The summed E-state index contributed by atoms with van der Waals surface area (Å²) < 4.78 is 0. The summed E-state index contributed by atoms with van der Waals surface area (Å²) in [6.45, 7) is 4.60. The number of carbonyl (C=O) groups is 2. The number of amides is 3. The predicted octanol–water partition coefficient (Wildman–Crippen LogP) is 2.72. The normalized spacial score (nSPS) is 21.8. The Hall–Kier alpha value is -2.56. The van der Waals surface area contributed by atoms with Crippen LogP contribution in [0.1, 0.15) is 31.9 Å². The van der Waals surface area contributed by atoms with Crippen molar-refractivity contribution in [3.8, 4) is 0 Å². The summed E-state index contributed by atoms with van der Waals surface area (Å²) in [5, 5.41) is 10.8. The van der Waals surface area contributed by atoms with Crippen LogP contribution in [0, 0.1) is 5.92 Å². The van der Waals surface area contributed by atoms with Crippen molar-refractivity contribution in [2.45, 2.75) is 32.4 Å². The topological polar surface area (TPSA) is 70.2 Å². The van der Waals surface area contributed by atoms with Crippen LogP contribution in [0.5, 0.6) is 0 Å². The van der Waals surface area contributed by atoms with Crippen LogP contribution in [0.15, 0.2) is 42.5 Å². The smallest absolute Gasteiger partial charge is 0.315 e. The highest BCUT2D eigenvalue weighted by atomic mass is 16.2. The number of piperidine rings is 1. The molecule has 1 aliphatic heterocycles. The number of rotatable bonds is 3. The van der Waals surface area contributed by atoms with Crippen LogP contribution in [-0.2, 0) is 4.79 Å². The van der Waals surface area contributed by atoms with Crippen molar-refractivity contribution in [2.75, 3.05) is 6.54 Å². The summed E-state index contributed by atoms with van der Waals surface area (Å²) in [7, 11) is 0. The number of fused-ring (bicyclic) bond motifs is 1. The third-order valence-electron chi connectivity index (χ3n) is 4.66. The Labute approximate surface area is 141 Å². The van der Waals surface area contributed by atoms with E-state index >= 15 is 0 Å². The van der Waals surface area contributed by atoms with Crippen molar-refractivity contribution >= 4 is 22.7 Å². The van der Waals surface area contributed by atoms with Crippen molar-refractivity contribution in [1.82, 2.24) is 16.0 Å². The number of hydrogen-bond donors (Lipinski definition) is 3. The first-order chi connectivity index (χ1) is 11.5. The molecule has 5 nitrogen and oxygen atoms in total. The summed E-state index contributed by atoms with van der Waals surface area (Å²) >= 11 is 0. The fraction of sp³-hybridized carbons (Fsp3) is 0.368. The number of nitrogens with one attached hydrogen (secondary N) is 3. The number of hydrogen-bond acceptors (Lipinski definition) is 2. The fourth-order valence-electron chi connectivity index (χ4n) is 3.11. The molecule has 0 saturated carbocycles. The molecular weight excluding hydrogens is 302 g/mol. The zero-order chi connectivity index (χ0) is 17.1. The molecule has 3 amide bonds. The van der Waals surface area contributed by atoms with Crippen LogP contribution in [0.3, 0.4) is 0 Å². The average molecular weight is 325 g/mol. The zero-order valence-corrected chi connectivity index (χ0v) is 14.0. The Morgan fingerprint density at radius 3 is 2.71 bits per heavy atom. The van der Waals surface area contributed by atoms with Gasteiger partial charge in [0.2, 0.25) is 5.91 Å². The van der Waals surface area contributed by atoms with Crippen molar-refractivity contribution in [2.24, 2.45) is 5.92 Å². The number of benzene rings is 2. The molecule has 5 heteroatoms. The van der Waals surface area contributed by atoms with Crippen LogP contribution < -0.4 is 16.0 Å². The third-order valence-corrected chi connectivity index (χ3v) is 4.66. The first-order valence-corrected chi connectivity index (χ1v) is 8.38. The molecule has 0 bridgehead atoms. The Morgan fingerprint density at radius 2 is 1.96 bits per heavy atom. The van der Waals surface area contributed by atoms with E-state index in [-0.39, 0.29) is 23.9 Å². The Morgan fingerprint density at radius 1 is 1.21 bits per heavy atom. The molecule has 0 radical (unpaired) electrons. The quantitative estimate of drug-likeness (QED) is 0.812. The van der Waals surface area contributed by atoms with E-state index in [4.69, 9.17) is 0 Å². The van der Waals surface area contributed by atoms with Crippen molar-refractivity contribution < 1.29 is 9.59 Å². The van der Waals surface area contributed by atoms with Crippen molar-refractivity contribution in [3.63, 3.8) is 0 Å². The molecule has 0 spiro atoms. The van der Waals surface area contributed by atoms with Crippen LogP contribution in [0.4, 0.5) is 4.79 Å². The second-order valence-corrected chi connectivity index (χ2v) is 6.48. The summed E-state index contributed by atoms with van der Waals surface area (Å²) in [6.07, 6.45) is 0.872. The highest BCUT2D eigenvalue weighted by Gasteiger charge is 2.30. The molecule has 126 valence electrons. The lowest BCUT2D eigenvalue weighted by Gasteiger charge is -2.29. The molecule has 1 saturated heterocycles.